The molecule has 0 saturated carbocycles. The lowest BCUT2D eigenvalue weighted by molar-refractivity contribution is -0.120. The minimum absolute atomic E-state index is 0.0871. The Morgan fingerprint density at radius 1 is 1.32 bits per heavy atom. The first-order chi connectivity index (χ1) is 9.01. The Kier molecular flexibility index (Phi) is 5.35. The van der Waals surface area contributed by atoms with Crippen LogP contribution in [0.4, 0.5) is 5.69 Å². The molecule has 0 atom stereocenters. The number of amides is 2. The molecule has 0 fully saturated rings. The van der Waals surface area contributed by atoms with Gasteiger partial charge in [-0.05, 0) is 20.8 Å². The summed E-state index contributed by atoms with van der Waals surface area (Å²) in [6, 6.07) is 0. The third-order valence-electron chi connectivity index (χ3n) is 2.70. The molecule has 0 aliphatic carbocycles. The Morgan fingerprint density at radius 2 is 2.00 bits per heavy atom. The van der Waals surface area contributed by atoms with Gasteiger partial charge < -0.3 is 16.4 Å². The molecule has 7 heteroatoms. The van der Waals surface area contributed by atoms with Crippen LogP contribution in [0, 0.1) is 6.92 Å². The highest BCUT2D eigenvalue weighted by Crippen LogP contribution is 2.15. The maximum Gasteiger partial charge on any atom is 0.271 e. The summed E-state index contributed by atoms with van der Waals surface area (Å²) in [7, 11) is 0. The van der Waals surface area contributed by atoms with Crippen molar-refractivity contribution >= 4 is 17.5 Å². The summed E-state index contributed by atoms with van der Waals surface area (Å²) in [5.41, 5.74) is 7.21. The molecule has 7 nitrogen and oxygen atoms in total. The first-order valence-corrected chi connectivity index (χ1v) is 6.39. The fourth-order valence-electron chi connectivity index (χ4n) is 1.72. The van der Waals surface area contributed by atoms with E-state index in [1.54, 1.807) is 11.6 Å². The lowest BCUT2D eigenvalue weighted by Crippen LogP contribution is -2.32. The van der Waals surface area contributed by atoms with Crippen molar-refractivity contribution in [1.82, 2.24) is 20.4 Å². The zero-order valence-electron chi connectivity index (χ0n) is 11.6. The molecule has 0 saturated heterocycles. The molecule has 2 amide bonds. The first-order valence-electron chi connectivity index (χ1n) is 6.39. The van der Waals surface area contributed by atoms with Crippen molar-refractivity contribution in [3.8, 4) is 0 Å². The van der Waals surface area contributed by atoms with E-state index < -0.39 is 0 Å². The molecule has 4 N–H and O–H groups in total. The lowest BCUT2D eigenvalue weighted by Gasteiger charge is -2.07. The third-order valence-corrected chi connectivity index (χ3v) is 2.70. The number of carbonyl (C=O) groups excluding carboxylic acids is 2. The number of nitrogens with one attached hydrogen (secondary N) is 2. The Hall–Kier alpha value is -2.05. The fourth-order valence-corrected chi connectivity index (χ4v) is 1.72. The first kappa shape index (κ1) is 15.0. The summed E-state index contributed by atoms with van der Waals surface area (Å²) in [6.45, 7) is 6.92. The standard InChI is InChI=1S/C12H21N5O2/c1-4-14-9(18)6-7-15-12(19)11-10(13)8(3)16-17(11)5-2/h4-7,13H2,1-3H3,(H,14,18)(H,15,19). The number of hydrogen-bond donors (Lipinski definition) is 3. The van der Waals surface area contributed by atoms with Crippen molar-refractivity contribution in [3.05, 3.63) is 11.4 Å². The second-order valence-corrected chi connectivity index (χ2v) is 4.12. The van der Waals surface area contributed by atoms with Gasteiger partial charge in [0, 0.05) is 26.1 Å². The van der Waals surface area contributed by atoms with Crippen LogP contribution in [0.25, 0.3) is 0 Å². The van der Waals surface area contributed by atoms with E-state index in [0.717, 1.165) is 0 Å². The van der Waals surface area contributed by atoms with Gasteiger partial charge in [-0.2, -0.15) is 5.10 Å². The van der Waals surface area contributed by atoms with E-state index in [2.05, 4.69) is 15.7 Å². The summed E-state index contributed by atoms with van der Waals surface area (Å²) < 4.78 is 1.56. The van der Waals surface area contributed by atoms with E-state index in [-0.39, 0.29) is 24.8 Å². The zero-order chi connectivity index (χ0) is 14.4. The van der Waals surface area contributed by atoms with Gasteiger partial charge in [0.1, 0.15) is 5.69 Å². The molecule has 1 heterocycles. The van der Waals surface area contributed by atoms with Crippen LogP contribution in [0.5, 0.6) is 0 Å². The second-order valence-electron chi connectivity index (χ2n) is 4.12. The Morgan fingerprint density at radius 3 is 2.58 bits per heavy atom. The normalized spacial score (nSPS) is 10.3. The highest BCUT2D eigenvalue weighted by molar-refractivity contribution is 5.98. The van der Waals surface area contributed by atoms with Gasteiger partial charge in [-0.25, -0.2) is 0 Å². The van der Waals surface area contributed by atoms with Crippen molar-refractivity contribution in [2.75, 3.05) is 18.8 Å². The summed E-state index contributed by atoms with van der Waals surface area (Å²) in [5, 5.41) is 9.52. The molecule has 1 aromatic heterocycles. The van der Waals surface area contributed by atoms with Gasteiger partial charge >= 0.3 is 0 Å². The quantitative estimate of drug-likeness (QED) is 0.677. The van der Waals surface area contributed by atoms with Crippen molar-refractivity contribution in [3.63, 3.8) is 0 Å². The van der Waals surface area contributed by atoms with E-state index >= 15 is 0 Å². The summed E-state index contributed by atoms with van der Waals surface area (Å²) in [4.78, 5) is 23.3. The highest BCUT2D eigenvalue weighted by Gasteiger charge is 2.18. The topological polar surface area (TPSA) is 102 Å². The predicted octanol–water partition coefficient (Wildman–Crippen LogP) is 0.0496. The molecule has 0 bridgehead atoms. The molecule has 0 aromatic carbocycles. The molecule has 1 aromatic rings. The van der Waals surface area contributed by atoms with Gasteiger partial charge in [-0.15, -0.1) is 0 Å². The molecule has 0 spiro atoms. The molecular formula is C12H21N5O2. The van der Waals surface area contributed by atoms with Gasteiger partial charge in [0.25, 0.3) is 5.91 Å². The van der Waals surface area contributed by atoms with Crippen LogP contribution < -0.4 is 16.4 Å². The van der Waals surface area contributed by atoms with Gasteiger partial charge in [-0.3, -0.25) is 14.3 Å². The molecule has 106 valence electrons. The second kappa shape index (κ2) is 6.77. The van der Waals surface area contributed by atoms with Crippen LogP contribution in [0.1, 0.15) is 36.5 Å². The predicted molar refractivity (Wildman–Crippen MR) is 72.7 cm³/mol. The van der Waals surface area contributed by atoms with Crippen LogP contribution in [0.3, 0.4) is 0 Å². The molecular weight excluding hydrogens is 246 g/mol. The maximum absolute atomic E-state index is 12.0. The SMILES string of the molecule is CCNC(=O)CCNC(=O)c1c(N)c(C)nn1CC. The fraction of sp³-hybridized carbons (Fsp3) is 0.583. The maximum atomic E-state index is 12.0. The number of nitrogens with two attached hydrogens (primary N) is 1. The third kappa shape index (κ3) is 3.70. The number of aryl methyl sites for hydroxylation is 2. The molecule has 0 unspecified atom stereocenters. The van der Waals surface area contributed by atoms with E-state index in [9.17, 15) is 9.59 Å². The Labute approximate surface area is 112 Å². The van der Waals surface area contributed by atoms with Crippen molar-refractivity contribution in [2.45, 2.75) is 33.7 Å². The number of nitrogens with zero attached hydrogens (tertiary/aromatic N) is 2. The Bertz CT molecular complexity index is 467. The Balaban J connectivity index is 2.61. The van der Waals surface area contributed by atoms with Gasteiger partial charge in [-0.1, -0.05) is 0 Å². The van der Waals surface area contributed by atoms with Crippen molar-refractivity contribution in [2.24, 2.45) is 0 Å². The van der Waals surface area contributed by atoms with Crippen molar-refractivity contribution in [1.29, 1.82) is 0 Å². The van der Waals surface area contributed by atoms with Crippen LogP contribution in [0.15, 0.2) is 0 Å². The minimum Gasteiger partial charge on any atom is -0.395 e. The summed E-state index contributed by atoms with van der Waals surface area (Å²) in [5.74, 6) is -0.389. The molecule has 0 aliphatic heterocycles. The number of anilines is 1. The summed E-state index contributed by atoms with van der Waals surface area (Å²) >= 11 is 0. The lowest BCUT2D eigenvalue weighted by atomic mass is 10.3. The minimum atomic E-state index is -0.302. The molecule has 1 rings (SSSR count). The van der Waals surface area contributed by atoms with Crippen LogP contribution in [-0.4, -0.2) is 34.7 Å². The van der Waals surface area contributed by atoms with Crippen LogP contribution >= 0.6 is 0 Å². The van der Waals surface area contributed by atoms with Gasteiger partial charge in [0.15, 0.2) is 0 Å². The van der Waals surface area contributed by atoms with E-state index in [0.29, 0.717) is 30.2 Å². The monoisotopic (exact) mass is 267 g/mol. The van der Waals surface area contributed by atoms with E-state index in [1.165, 1.54) is 0 Å². The average molecular weight is 267 g/mol. The van der Waals surface area contributed by atoms with Crippen LogP contribution in [0.2, 0.25) is 0 Å². The number of carbonyl (C=O) groups is 2. The largest absolute Gasteiger partial charge is 0.395 e. The summed E-state index contributed by atoms with van der Waals surface area (Å²) in [6.07, 6.45) is 0.249. The average Bonchev–Trinajstić information content (AvgIpc) is 2.65. The van der Waals surface area contributed by atoms with Crippen molar-refractivity contribution < 1.29 is 9.59 Å². The number of hydrogen-bond acceptors (Lipinski definition) is 4. The highest BCUT2D eigenvalue weighted by atomic mass is 16.2. The number of aromatic nitrogens is 2. The molecule has 0 aliphatic rings. The zero-order valence-corrected chi connectivity index (χ0v) is 11.6. The number of nitrogen functional groups attached to an aromatic ring is 1. The molecule has 0 radical (unpaired) electrons. The van der Waals surface area contributed by atoms with E-state index in [4.69, 9.17) is 5.73 Å². The van der Waals surface area contributed by atoms with Gasteiger partial charge in [0.05, 0.1) is 11.4 Å². The van der Waals surface area contributed by atoms with Crippen LogP contribution in [-0.2, 0) is 11.3 Å². The smallest absolute Gasteiger partial charge is 0.271 e. The molecule has 19 heavy (non-hydrogen) atoms. The number of rotatable bonds is 6. The van der Waals surface area contributed by atoms with Gasteiger partial charge in [0.2, 0.25) is 5.91 Å². The van der Waals surface area contributed by atoms with E-state index in [1.807, 2.05) is 13.8 Å².